The van der Waals surface area contributed by atoms with Gasteiger partial charge in [-0.3, -0.25) is 19.2 Å². The lowest BCUT2D eigenvalue weighted by molar-refractivity contribution is 0.182. The van der Waals surface area contributed by atoms with E-state index in [0.29, 0.717) is 17.8 Å². The average molecular weight is 536 g/mol. The largest absolute Gasteiger partial charge is 0.296 e. The minimum absolute atomic E-state index is 0.0358. The molecule has 0 amide bonds. The summed E-state index contributed by atoms with van der Waals surface area (Å²) in [5, 5.41) is 0. The molecular formula is C27H29N5O3S2. The number of thiophene rings is 1. The molecule has 1 saturated heterocycles. The SMILES string of the molecule is CS(=O)(=O)N1CCN(Cc2ccc3c(c2)CC[C@H](n2cnc4cc(-c5ccncc5)sc4c2=O)C3)CC1. The Hall–Kier alpha value is -2.92. The van der Waals surface area contributed by atoms with Crippen LogP contribution in [0.3, 0.4) is 0 Å². The number of fused-ring (bicyclic) bond motifs is 2. The molecule has 10 heteroatoms. The Morgan fingerprint density at radius 3 is 2.57 bits per heavy atom. The lowest BCUT2D eigenvalue weighted by Crippen LogP contribution is -2.47. The molecule has 1 aliphatic heterocycles. The van der Waals surface area contributed by atoms with E-state index >= 15 is 0 Å². The maximum Gasteiger partial charge on any atom is 0.271 e. The predicted molar refractivity (Wildman–Crippen MR) is 146 cm³/mol. The van der Waals surface area contributed by atoms with Gasteiger partial charge in [-0.25, -0.2) is 13.4 Å². The molecule has 0 spiro atoms. The van der Waals surface area contributed by atoms with Gasteiger partial charge in [-0.1, -0.05) is 18.2 Å². The predicted octanol–water partition coefficient (Wildman–Crippen LogP) is 3.33. The van der Waals surface area contributed by atoms with Crippen LogP contribution in [0.5, 0.6) is 0 Å². The Morgan fingerprint density at radius 1 is 1.03 bits per heavy atom. The van der Waals surface area contributed by atoms with Crippen LogP contribution >= 0.6 is 11.3 Å². The van der Waals surface area contributed by atoms with Crippen molar-refractivity contribution in [2.75, 3.05) is 32.4 Å². The number of piperazine rings is 1. The normalized spacial score (nSPS) is 19.2. The Morgan fingerprint density at radius 2 is 1.81 bits per heavy atom. The minimum Gasteiger partial charge on any atom is -0.296 e. The first-order chi connectivity index (χ1) is 17.8. The monoisotopic (exact) mass is 535 g/mol. The molecule has 37 heavy (non-hydrogen) atoms. The molecule has 0 bridgehead atoms. The van der Waals surface area contributed by atoms with Gasteiger partial charge in [0.2, 0.25) is 10.0 Å². The third kappa shape index (κ3) is 4.98. The third-order valence-electron chi connectivity index (χ3n) is 7.50. The van der Waals surface area contributed by atoms with Gasteiger partial charge in [-0.15, -0.1) is 11.3 Å². The van der Waals surface area contributed by atoms with E-state index < -0.39 is 10.0 Å². The second-order valence-electron chi connectivity index (χ2n) is 9.96. The highest BCUT2D eigenvalue weighted by atomic mass is 32.2. The van der Waals surface area contributed by atoms with Gasteiger partial charge in [0.15, 0.2) is 0 Å². The van der Waals surface area contributed by atoms with E-state index in [1.165, 1.54) is 34.3 Å². The Bertz CT molecular complexity index is 1610. The highest BCUT2D eigenvalue weighted by molar-refractivity contribution is 7.88. The van der Waals surface area contributed by atoms with Crippen molar-refractivity contribution in [3.63, 3.8) is 0 Å². The van der Waals surface area contributed by atoms with Gasteiger partial charge in [0.25, 0.3) is 5.56 Å². The van der Waals surface area contributed by atoms with E-state index in [-0.39, 0.29) is 11.6 Å². The van der Waals surface area contributed by atoms with E-state index in [0.717, 1.165) is 54.9 Å². The molecule has 1 aliphatic carbocycles. The molecule has 4 heterocycles. The quantitative estimate of drug-likeness (QED) is 0.390. The van der Waals surface area contributed by atoms with Gasteiger partial charge in [-0.05, 0) is 59.7 Å². The standard InChI is InChI=1S/C27H29N5O3S2/c1-37(34,35)31-12-10-30(11-13-31)17-19-2-3-22-15-23(5-4-21(22)14-19)32-18-29-24-16-25(36-26(24)27(32)33)20-6-8-28-9-7-20/h2-3,6-9,14,16,18,23H,4-5,10-13,15,17H2,1H3/t23-/m0/s1. The van der Waals surface area contributed by atoms with Gasteiger partial charge < -0.3 is 0 Å². The number of benzene rings is 1. The smallest absolute Gasteiger partial charge is 0.271 e. The van der Waals surface area contributed by atoms with Crippen LogP contribution in [0.4, 0.5) is 0 Å². The summed E-state index contributed by atoms with van der Waals surface area (Å²) >= 11 is 1.50. The maximum atomic E-state index is 13.4. The van der Waals surface area contributed by atoms with Crippen LogP contribution in [0.15, 0.2) is 59.9 Å². The van der Waals surface area contributed by atoms with E-state index in [1.807, 2.05) is 22.8 Å². The molecule has 4 aromatic rings. The molecule has 2 aliphatic rings. The lowest BCUT2D eigenvalue weighted by atomic mass is 9.87. The van der Waals surface area contributed by atoms with Gasteiger partial charge in [0.05, 0.1) is 18.1 Å². The third-order valence-corrected chi connectivity index (χ3v) is 9.96. The summed E-state index contributed by atoms with van der Waals surface area (Å²) in [6, 6.07) is 12.6. The van der Waals surface area contributed by atoms with Crippen molar-refractivity contribution >= 4 is 31.6 Å². The number of rotatable bonds is 5. The first-order valence-corrected chi connectivity index (χ1v) is 15.2. The second kappa shape index (κ2) is 9.75. The number of aryl methyl sites for hydroxylation is 1. The van der Waals surface area contributed by atoms with Crippen LogP contribution in [0, 0.1) is 0 Å². The molecule has 1 fully saturated rings. The highest BCUT2D eigenvalue weighted by Gasteiger charge is 2.25. The van der Waals surface area contributed by atoms with Crippen LogP contribution < -0.4 is 5.56 Å². The Labute approximate surface area is 220 Å². The molecular weight excluding hydrogens is 506 g/mol. The molecule has 192 valence electrons. The van der Waals surface area contributed by atoms with Gasteiger partial charge >= 0.3 is 0 Å². The summed E-state index contributed by atoms with van der Waals surface area (Å²) < 4.78 is 27.6. The Kier molecular flexibility index (Phi) is 6.44. The fourth-order valence-electron chi connectivity index (χ4n) is 5.45. The number of aromatic nitrogens is 3. The van der Waals surface area contributed by atoms with Crippen LogP contribution in [0.2, 0.25) is 0 Å². The first kappa shape index (κ1) is 24.4. The fourth-order valence-corrected chi connectivity index (χ4v) is 7.33. The number of sulfonamides is 1. The molecule has 1 aromatic carbocycles. The molecule has 3 aromatic heterocycles. The van der Waals surface area contributed by atoms with Gasteiger partial charge in [-0.2, -0.15) is 4.31 Å². The molecule has 6 rings (SSSR count). The summed E-state index contributed by atoms with van der Waals surface area (Å²) in [6.45, 7) is 3.42. The van der Waals surface area contributed by atoms with Crippen LogP contribution in [-0.4, -0.2) is 64.6 Å². The number of nitrogens with zero attached hydrogens (tertiary/aromatic N) is 5. The number of hydrogen-bond acceptors (Lipinski definition) is 7. The number of pyridine rings is 1. The van der Waals surface area contributed by atoms with Crippen molar-refractivity contribution in [3.05, 3.63) is 82.2 Å². The highest BCUT2D eigenvalue weighted by Crippen LogP contribution is 2.32. The number of hydrogen-bond donors (Lipinski definition) is 0. The molecule has 8 nitrogen and oxygen atoms in total. The summed E-state index contributed by atoms with van der Waals surface area (Å²) in [5.74, 6) is 0. The van der Waals surface area contributed by atoms with Crippen LogP contribution in [0.25, 0.3) is 20.7 Å². The summed E-state index contributed by atoms with van der Waals surface area (Å²) in [7, 11) is -3.11. The molecule has 0 N–H and O–H groups in total. The molecule has 1 atom stereocenters. The zero-order valence-corrected chi connectivity index (χ0v) is 22.3. The summed E-state index contributed by atoms with van der Waals surface area (Å²) in [6.07, 6.45) is 9.16. The fraction of sp³-hybridized carbons (Fsp3) is 0.370. The van der Waals surface area contributed by atoms with E-state index in [1.54, 1.807) is 23.0 Å². The Balaban J connectivity index is 1.17. The van der Waals surface area contributed by atoms with E-state index in [4.69, 9.17) is 0 Å². The topological polar surface area (TPSA) is 88.4 Å². The van der Waals surface area contributed by atoms with Gasteiger partial charge in [0, 0.05) is 56.0 Å². The first-order valence-electron chi connectivity index (χ1n) is 12.5. The zero-order chi connectivity index (χ0) is 25.6. The van der Waals surface area contributed by atoms with Crippen molar-refractivity contribution in [2.24, 2.45) is 0 Å². The van der Waals surface area contributed by atoms with Crippen molar-refractivity contribution in [2.45, 2.75) is 31.8 Å². The molecule has 0 radical (unpaired) electrons. The molecule has 0 saturated carbocycles. The van der Waals surface area contributed by atoms with Crippen molar-refractivity contribution in [3.8, 4) is 10.4 Å². The van der Waals surface area contributed by atoms with Crippen molar-refractivity contribution < 1.29 is 8.42 Å². The average Bonchev–Trinajstić information content (AvgIpc) is 3.35. The minimum atomic E-state index is -3.11. The van der Waals surface area contributed by atoms with Crippen LogP contribution in [-0.2, 0) is 29.4 Å². The van der Waals surface area contributed by atoms with E-state index in [2.05, 4.69) is 33.1 Å². The summed E-state index contributed by atoms with van der Waals surface area (Å²) in [4.78, 5) is 25.5. The lowest BCUT2D eigenvalue weighted by Gasteiger charge is -2.33. The zero-order valence-electron chi connectivity index (χ0n) is 20.7. The van der Waals surface area contributed by atoms with Crippen molar-refractivity contribution in [1.82, 2.24) is 23.7 Å². The summed E-state index contributed by atoms with van der Waals surface area (Å²) in [5.41, 5.74) is 5.72. The maximum absolute atomic E-state index is 13.4. The van der Waals surface area contributed by atoms with E-state index in [9.17, 15) is 13.2 Å². The molecule has 0 unspecified atom stereocenters. The van der Waals surface area contributed by atoms with Crippen molar-refractivity contribution in [1.29, 1.82) is 0 Å². The van der Waals surface area contributed by atoms with Crippen LogP contribution in [0.1, 0.15) is 29.2 Å². The second-order valence-corrected chi connectivity index (χ2v) is 13.0. The van der Waals surface area contributed by atoms with Gasteiger partial charge in [0.1, 0.15) is 4.70 Å².